The number of hydrogen-bond donors (Lipinski definition) is 0. The summed E-state index contributed by atoms with van der Waals surface area (Å²) in [5, 5.41) is 9.90. The fourth-order valence-electron chi connectivity index (χ4n) is 3.72. The van der Waals surface area contributed by atoms with Crippen molar-refractivity contribution in [2.24, 2.45) is 0 Å². The highest BCUT2D eigenvalue weighted by Crippen LogP contribution is 2.15. The number of hydrogen-bond acceptors (Lipinski definition) is 5. The predicted molar refractivity (Wildman–Crippen MR) is 125 cm³/mol. The molecule has 3 aromatic rings. The van der Waals surface area contributed by atoms with E-state index >= 15 is 0 Å². The number of nitriles is 1. The van der Waals surface area contributed by atoms with Crippen LogP contribution < -0.4 is 19.5 Å². The van der Waals surface area contributed by atoms with Gasteiger partial charge in [0.15, 0.2) is 5.57 Å². The highest BCUT2D eigenvalue weighted by atomic mass is 32.1. The van der Waals surface area contributed by atoms with Gasteiger partial charge >= 0.3 is 0 Å². The fraction of sp³-hybridized carbons (Fsp3) is 0.240. The number of rotatable bonds is 5. The Hall–Kier alpha value is -3.70. The van der Waals surface area contributed by atoms with Gasteiger partial charge < -0.3 is 9.64 Å². The molecule has 1 aliphatic rings. The van der Waals surface area contributed by atoms with Crippen LogP contribution in [0.1, 0.15) is 25.3 Å². The molecular weight excluding hydrogens is 441 g/mol. The van der Waals surface area contributed by atoms with Crippen LogP contribution in [0.2, 0.25) is 0 Å². The smallest absolute Gasteiger partial charge is 0.273 e. The molecule has 8 heteroatoms. The van der Waals surface area contributed by atoms with Crippen LogP contribution in [0.5, 0.6) is 5.75 Å². The summed E-state index contributed by atoms with van der Waals surface area (Å²) in [6.45, 7) is 3.58. The Balaban J connectivity index is 1.95. The molecule has 6 nitrogen and oxygen atoms in total. The summed E-state index contributed by atoms with van der Waals surface area (Å²) >= 11 is 1.08. The summed E-state index contributed by atoms with van der Waals surface area (Å²) in [5.41, 5.74) is 0.747. The minimum absolute atomic E-state index is 0.0633. The summed E-state index contributed by atoms with van der Waals surface area (Å²) in [7, 11) is 0. The van der Waals surface area contributed by atoms with E-state index in [-0.39, 0.29) is 27.5 Å². The van der Waals surface area contributed by atoms with Gasteiger partial charge in [0.05, 0.1) is 16.8 Å². The van der Waals surface area contributed by atoms with E-state index in [2.05, 4.69) is 0 Å². The van der Waals surface area contributed by atoms with E-state index in [1.165, 1.54) is 16.7 Å². The molecule has 0 radical (unpaired) electrons. The number of aromatic nitrogens is 1. The lowest BCUT2D eigenvalue weighted by molar-refractivity contribution is -0.123. The maximum absolute atomic E-state index is 13.4. The van der Waals surface area contributed by atoms with E-state index < -0.39 is 0 Å². The largest absolute Gasteiger partial charge is 0.494 e. The molecule has 1 aliphatic heterocycles. The van der Waals surface area contributed by atoms with Gasteiger partial charge in [0.1, 0.15) is 22.3 Å². The zero-order chi connectivity index (χ0) is 23.4. The number of ether oxygens (including phenoxy) is 1. The fourth-order valence-corrected chi connectivity index (χ4v) is 4.81. The van der Waals surface area contributed by atoms with Crippen molar-refractivity contribution in [3.8, 4) is 17.5 Å². The quantitative estimate of drug-likeness (QED) is 0.583. The molecule has 1 aromatic heterocycles. The van der Waals surface area contributed by atoms with Crippen molar-refractivity contribution in [3.05, 3.63) is 79.5 Å². The van der Waals surface area contributed by atoms with Crippen LogP contribution in [-0.2, 0) is 4.79 Å². The van der Waals surface area contributed by atoms with E-state index in [1.807, 2.05) is 13.0 Å². The van der Waals surface area contributed by atoms with E-state index in [1.54, 1.807) is 47.4 Å². The van der Waals surface area contributed by atoms with Crippen LogP contribution in [0.15, 0.2) is 53.3 Å². The third-order valence-electron chi connectivity index (χ3n) is 5.33. The molecular formula is C25H22FN3O3S. The lowest BCUT2D eigenvalue weighted by Crippen LogP contribution is -2.35. The van der Waals surface area contributed by atoms with E-state index in [9.17, 15) is 19.2 Å². The average molecular weight is 464 g/mol. The number of nitrogens with zero attached hydrogens (tertiary/aromatic N) is 3. The molecule has 0 bridgehead atoms. The Bertz CT molecular complexity index is 1380. The molecule has 0 unspecified atom stereocenters. The Kier molecular flexibility index (Phi) is 6.71. The molecule has 1 saturated heterocycles. The molecule has 0 saturated carbocycles. The summed E-state index contributed by atoms with van der Waals surface area (Å²) < 4.78 is 20.8. The number of halogens is 1. The van der Waals surface area contributed by atoms with Crippen molar-refractivity contribution >= 4 is 28.9 Å². The predicted octanol–water partition coefficient (Wildman–Crippen LogP) is 2.56. The Morgan fingerprint density at radius 3 is 2.42 bits per heavy atom. The molecule has 33 heavy (non-hydrogen) atoms. The highest BCUT2D eigenvalue weighted by Gasteiger charge is 2.24. The molecule has 0 spiro atoms. The van der Waals surface area contributed by atoms with Crippen molar-refractivity contribution in [1.82, 2.24) is 9.47 Å². The van der Waals surface area contributed by atoms with Gasteiger partial charge in [-0.1, -0.05) is 12.1 Å². The van der Waals surface area contributed by atoms with Crippen LogP contribution in [0, 0.1) is 17.1 Å². The number of amides is 1. The van der Waals surface area contributed by atoms with Gasteiger partial charge in [-0.15, -0.1) is 11.3 Å². The van der Waals surface area contributed by atoms with Gasteiger partial charge in [-0.2, -0.15) is 5.26 Å². The van der Waals surface area contributed by atoms with Crippen LogP contribution in [0.3, 0.4) is 0 Å². The summed E-state index contributed by atoms with van der Waals surface area (Å²) in [6, 6.07) is 14.7. The second kappa shape index (κ2) is 9.84. The number of benzene rings is 2. The highest BCUT2D eigenvalue weighted by molar-refractivity contribution is 7.07. The van der Waals surface area contributed by atoms with E-state index in [4.69, 9.17) is 4.74 Å². The first-order chi connectivity index (χ1) is 16.0. The Morgan fingerprint density at radius 2 is 1.82 bits per heavy atom. The normalized spacial score (nSPS) is 14.8. The topological polar surface area (TPSA) is 75.3 Å². The van der Waals surface area contributed by atoms with Gasteiger partial charge in [0.25, 0.3) is 11.5 Å². The molecule has 4 rings (SSSR count). The van der Waals surface area contributed by atoms with Crippen molar-refractivity contribution in [2.75, 3.05) is 19.7 Å². The van der Waals surface area contributed by atoms with Gasteiger partial charge in [-0.05, 0) is 67.8 Å². The van der Waals surface area contributed by atoms with Gasteiger partial charge in [0, 0.05) is 13.1 Å². The van der Waals surface area contributed by atoms with Gasteiger partial charge in [-0.3, -0.25) is 14.2 Å². The molecule has 2 aromatic carbocycles. The second-order valence-electron chi connectivity index (χ2n) is 7.52. The molecule has 0 atom stereocenters. The molecule has 1 fully saturated rings. The second-order valence-corrected chi connectivity index (χ2v) is 8.55. The van der Waals surface area contributed by atoms with Crippen molar-refractivity contribution < 1.29 is 13.9 Å². The van der Waals surface area contributed by atoms with Crippen molar-refractivity contribution in [2.45, 2.75) is 19.8 Å². The SMILES string of the molecule is CCOc1ccc(-n2c(=O)/c(=C\c3ccc(F)cc3)s/c2=C(/C#N)C(=O)N2CCCC2)cc1. The summed E-state index contributed by atoms with van der Waals surface area (Å²) in [5.74, 6) is -0.0896. The molecule has 2 heterocycles. The third-order valence-corrected chi connectivity index (χ3v) is 6.42. The lowest BCUT2D eigenvalue weighted by Gasteiger charge is -2.14. The monoisotopic (exact) mass is 463 g/mol. The summed E-state index contributed by atoms with van der Waals surface area (Å²) in [4.78, 5) is 28.2. The molecule has 0 N–H and O–H groups in total. The van der Waals surface area contributed by atoms with Crippen LogP contribution >= 0.6 is 11.3 Å². The standard InChI is InChI=1S/C25H22FN3O3S/c1-2-32-20-11-9-19(10-12-20)29-24(31)22(15-17-5-7-18(26)8-6-17)33-25(29)21(16-27)23(30)28-13-3-4-14-28/h5-12,15H,2-4,13-14H2,1H3/b22-15+,25-21-. The van der Waals surface area contributed by atoms with Crippen molar-refractivity contribution in [3.63, 3.8) is 0 Å². The molecule has 168 valence electrons. The zero-order valence-corrected chi connectivity index (χ0v) is 18.9. The van der Waals surface area contributed by atoms with Crippen LogP contribution in [0.25, 0.3) is 17.3 Å². The number of likely N-dealkylation sites (tertiary alicyclic amines) is 1. The molecule has 0 aliphatic carbocycles. The minimum atomic E-state index is -0.373. The number of carbonyl (C=O) groups excluding carboxylic acids is 1. The summed E-state index contributed by atoms with van der Waals surface area (Å²) in [6.07, 6.45) is 3.42. The molecule has 1 amide bonds. The van der Waals surface area contributed by atoms with Crippen LogP contribution in [0.4, 0.5) is 4.39 Å². The van der Waals surface area contributed by atoms with E-state index in [0.717, 1.165) is 24.2 Å². The van der Waals surface area contributed by atoms with E-state index in [0.29, 0.717) is 41.2 Å². The van der Waals surface area contributed by atoms with Gasteiger partial charge in [-0.25, -0.2) is 4.39 Å². The first kappa shape index (κ1) is 22.5. The van der Waals surface area contributed by atoms with Crippen molar-refractivity contribution in [1.29, 1.82) is 5.26 Å². The lowest BCUT2D eigenvalue weighted by atomic mass is 10.2. The first-order valence-corrected chi connectivity index (χ1v) is 11.5. The Labute approximate surface area is 194 Å². The zero-order valence-electron chi connectivity index (χ0n) is 18.1. The Morgan fingerprint density at radius 1 is 1.15 bits per heavy atom. The number of thiazole rings is 1. The average Bonchev–Trinajstić information content (AvgIpc) is 3.46. The maximum Gasteiger partial charge on any atom is 0.273 e. The maximum atomic E-state index is 13.4. The third kappa shape index (κ3) is 4.73. The van der Waals surface area contributed by atoms with Gasteiger partial charge in [0.2, 0.25) is 0 Å². The minimum Gasteiger partial charge on any atom is -0.494 e. The first-order valence-electron chi connectivity index (χ1n) is 10.7. The van der Waals surface area contributed by atoms with Crippen LogP contribution in [-0.4, -0.2) is 35.1 Å². The number of carbonyl (C=O) groups is 1.